The molecule has 3 N–H and O–H groups in total. The number of carbonyl (C=O) groups excluding carboxylic acids is 1. The van der Waals surface area contributed by atoms with Crippen molar-refractivity contribution >= 4 is 11.8 Å². The standard InChI is InChI=1S/C19H30FN3O6/c1-3-4-5-6-7-8-9-10-14(24)29-22-17-13(20)11-23(19(27)21-17)18-16(26)15(25)12(2)28-18/h11-12,15-16,18,25-26H,3-10H2,1-2H3,(H,21,22,27)/t12-,15-,16-,18-/m1/s1. The highest BCUT2D eigenvalue weighted by molar-refractivity contribution is 5.70. The van der Waals surface area contributed by atoms with E-state index in [1.165, 1.54) is 26.2 Å². The van der Waals surface area contributed by atoms with Crippen LogP contribution in [0.4, 0.5) is 10.2 Å². The molecule has 1 fully saturated rings. The first kappa shape index (κ1) is 23.2. The van der Waals surface area contributed by atoms with Gasteiger partial charge in [0.05, 0.1) is 12.3 Å². The number of hydrogen-bond acceptors (Lipinski definition) is 8. The zero-order valence-electron chi connectivity index (χ0n) is 16.8. The van der Waals surface area contributed by atoms with Gasteiger partial charge < -0.3 is 19.8 Å². The molecule has 1 aromatic heterocycles. The lowest BCUT2D eigenvalue weighted by Crippen LogP contribution is -2.36. The maximum atomic E-state index is 14.2. The lowest BCUT2D eigenvalue weighted by atomic mass is 10.1. The number of anilines is 1. The smallest absolute Gasteiger partial charge is 0.352 e. The number of aliphatic hydroxyl groups is 2. The highest BCUT2D eigenvalue weighted by atomic mass is 19.1. The predicted molar refractivity (Wildman–Crippen MR) is 102 cm³/mol. The molecule has 164 valence electrons. The van der Waals surface area contributed by atoms with Gasteiger partial charge in [-0.3, -0.25) is 4.57 Å². The van der Waals surface area contributed by atoms with Gasteiger partial charge in [0.25, 0.3) is 0 Å². The Bertz CT molecular complexity index is 728. The molecule has 2 heterocycles. The van der Waals surface area contributed by atoms with Gasteiger partial charge >= 0.3 is 11.7 Å². The van der Waals surface area contributed by atoms with Crippen LogP contribution in [0.2, 0.25) is 0 Å². The average molecular weight is 415 g/mol. The number of nitrogens with zero attached hydrogens (tertiary/aromatic N) is 2. The minimum atomic E-state index is -1.40. The zero-order chi connectivity index (χ0) is 21.4. The van der Waals surface area contributed by atoms with Crippen molar-refractivity contribution in [2.75, 3.05) is 5.48 Å². The van der Waals surface area contributed by atoms with Crippen LogP contribution in [0, 0.1) is 5.82 Å². The van der Waals surface area contributed by atoms with Crippen LogP contribution in [0.1, 0.15) is 71.4 Å². The molecule has 1 aliphatic rings. The molecular formula is C19H30FN3O6. The number of rotatable bonds is 11. The second-order valence-corrected chi connectivity index (χ2v) is 7.29. The second-order valence-electron chi connectivity index (χ2n) is 7.29. The Morgan fingerprint density at radius 2 is 1.90 bits per heavy atom. The molecule has 0 saturated carbocycles. The molecule has 0 aliphatic carbocycles. The lowest BCUT2D eigenvalue weighted by Gasteiger charge is -2.17. The third-order valence-electron chi connectivity index (χ3n) is 4.90. The molecule has 0 radical (unpaired) electrons. The highest BCUT2D eigenvalue weighted by Gasteiger charge is 2.42. The molecule has 10 heteroatoms. The largest absolute Gasteiger partial charge is 0.388 e. The van der Waals surface area contributed by atoms with Crippen molar-refractivity contribution in [3.8, 4) is 0 Å². The van der Waals surface area contributed by atoms with Crippen molar-refractivity contribution in [1.82, 2.24) is 9.55 Å². The first-order chi connectivity index (χ1) is 13.8. The first-order valence-electron chi connectivity index (χ1n) is 10.1. The molecule has 0 bridgehead atoms. The quantitative estimate of drug-likeness (QED) is 0.371. The maximum absolute atomic E-state index is 14.2. The van der Waals surface area contributed by atoms with Crippen LogP contribution in [0.5, 0.6) is 0 Å². The highest BCUT2D eigenvalue weighted by Crippen LogP contribution is 2.28. The van der Waals surface area contributed by atoms with E-state index in [0.717, 1.165) is 30.0 Å². The summed E-state index contributed by atoms with van der Waals surface area (Å²) in [6.07, 6.45) is 3.73. The van der Waals surface area contributed by atoms with Gasteiger partial charge in [-0.2, -0.15) is 10.5 Å². The Morgan fingerprint density at radius 3 is 2.52 bits per heavy atom. The molecule has 4 atom stereocenters. The van der Waals surface area contributed by atoms with Gasteiger partial charge in [-0.15, -0.1) is 0 Å². The fourth-order valence-corrected chi connectivity index (χ4v) is 3.14. The van der Waals surface area contributed by atoms with Gasteiger partial charge in [-0.1, -0.05) is 45.4 Å². The van der Waals surface area contributed by atoms with Gasteiger partial charge in [0.15, 0.2) is 12.0 Å². The summed E-state index contributed by atoms with van der Waals surface area (Å²) >= 11 is 0. The Balaban J connectivity index is 1.82. The molecule has 0 spiro atoms. The monoisotopic (exact) mass is 415 g/mol. The van der Waals surface area contributed by atoms with Gasteiger partial charge in [0.1, 0.15) is 12.2 Å². The first-order valence-corrected chi connectivity index (χ1v) is 10.1. The maximum Gasteiger partial charge on any atom is 0.352 e. The summed E-state index contributed by atoms with van der Waals surface area (Å²) in [6, 6.07) is 0. The number of aliphatic hydroxyl groups excluding tert-OH is 2. The summed E-state index contributed by atoms with van der Waals surface area (Å²) < 4.78 is 20.3. The predicted octanol–water partition coefficient (Wildman–Crippen LogP) is 2.03. The number of unbranched alkanes of at least 4 members (excludes halogenated alkanes) is 6. The molecule has 2 rings (SSSR count). The molecule has 1 aromatic rings. The van der Waals surface area contributed by atoms with Crippen molar-refractivity contribution in [1.29, 1.82) is 0 Å². The van der Waals surface area contributed by atoms with Crippen molar-refractivity contribution < 1.29 is 29.0 Å². The topological polar surface area (TPSA) is 123 Å². The van der Waals surface area contributed by atoms with E-state index in [0.29, 0.717) is 6.42 Å². The SMILES string of the molecule is CCCCCCCCCC(=O)ONc1nc(=O)n([C@@H]2O[C@H](C)[C@@H](O)[C@H]2O)cc1F. The molecule has 0 amide bonds. The third kappa shape index (κ3) is 6.48. The molecule has 1 saturated heterocycles. The number of nitrogens with one attached hydrogen (secondary N) is 1. The summed E-state index contributed by atoms with van der Waals surface area (Å²) in [5, 5.41) is 19.7. The summed E-state index contributed by atoms with van der Waals surface area (Å²) in [5.41, 5.74) is 1.14. The Kier molecular flexibility index (Phi) is 8.99. The number of ether oxygens (including phenoxy) is 1. The molecule has 0 aromatic carbocycles. The van der Waals surface area contributed by atoms with E-state index in [-0.39, 0.29) is 6.42 Å². The third-order valence-corrected chi connectivity index (χ3v) is 4.90. The van der Waals surface area contributed by atoms with E-state index in [4.69, 9.17) is 9.57 Å². The average Bonchev–Trinajstić information content (AvgIpc) is 2.94. The van der Waals surface area contributed by atoms with Crippen LogP contribution >= 0.6 is 0 Å². The van der Waals surface area contributed by atoms with Crippen LogP contribution in [-0.2, 0) is 14.4 Å². The van der Waals surface area contributed by atoms with Gasteiger partial charge in [-0.25, -0.2) is 14.0 Å². The lowest BCUT2D eigenvalue weighted by molar-refractivity contribution is -0.140. The Labute approximate surface area is 168 Å². The van der Waals surface area contributed by atoms with E-state index in [1.54, 1.807) is 0 Å². The normalized spacial score (nSPS) is 23.9. The van der Waals surface area contributed by atoms with Gasteiger partial charge in [0.2, 0.25) is 5.82 Å². The number of hydrogen-bond donors (Lipinski definition) is 3. The van der Waals surface area contributed by atoms with Crippen LogP contribution < -0.4 is 11.2 Å². The van der Waals surface area contributed by atoms with Gasteiger partial charge in [-0.05, 0) is 13.3 Å². The molecular weight excluding hydrogens is 385 g/mol. The van der Waals surface area contributed by atoms with Crippen LogP contribution in [-0.4, -0.2) is 44.0 Å². The van der Waals surface area contributed by atoms with Gasteiger partial charge in [0, 0.05) is 6.42 Å². The van der Waals surface area contributed by atoms with E-state index in [9.17, 15) is 24.2 Å². The second kappa shape index (κ2) is 11.2. The van der Waals surface area contributed by atoms with Crippen LogP contribution in [0.3, 0.4) is 0 Å². The van der Waals surface area contributed by atoms with Crippen molar-refractivity contribution in [2.45, 2.75) is 89.8 Å². The zero-order valence-corrected chi connectivity index (χ0v) is 16.8. The van der Waals surface area contributed by atoms with Crippen LogP contribution in [0.25, 0.3) is 0 Å². The number of carbonyl (C=O) groups is 1. The van der Waals surface area contributed by atoms with Crippen molar-refractivity contribution in [2.24, 2.45) is 0 Å². The minimum Gasteiger partial charge on any atom is -0.388 e. The van der Waals surface area contributed by atoms with Crippen LogP contribution in [0.15, 0.2) is 11.0 Å². The molecule has 1 aliphatic heterocycles. The van der Waals surface area contributed by atoms with Crippen molar-refractivity contribution in [3.63, 3.8) is 0 Å². The molecule has 9 nitrogen and oxygen atoms in total. The van der Waals surface area contributed by atoms with E-state index < -0.39 is 47.8 Å². The summed E-state index contributed by atoms with van der Waals surface area (Å²) in [6.45, 7) is 3.67. The van der Waals surface area contributed by atoms with E-state index >= 15 is 0 Å². The molecule has 0 unspecified atom stereocenters. The minimum absolute atomic E-state index is 0.178. The summed E-state index contributed by atoms with van der Waals surface area (Å²) in [4.78, 5) is 32.1. The molecule has 29 heavy (non-hydrogen) atoms. The summed E-state index contributed by atoms with van der Waals surface area (Å²) in [7, 11) is 0. The Morgan fingerprint density at radius 1 is 1.24 bits per heavy atom. The summed E-state index contributed by atoms with van der Waals surface area (Å²) in [5.74, 6) is -2.09. The number of aromatic nitrogens is 2. The fraction of sp³-hybridized carbons (Fsp3) is 0.737. The number of halogens is 1. The van der Waals surface area contributed by atoms with E-state index in [2.05, 4.69) is 17.4 Å². The van der Waals surface area contributed by atoms with E-state index in [1.807, 2.05) is 0 Å². The van der Waals surface area contributed by atoms with Crippen molar-refractivity contribution in [3.05, 3.63) is 22.5 Å². The fourth-order valence-electron chi connectivity index (χ4n) is 3.14. The Hall–Kier alpha value is -2.04.